The Balaban J connectivity index is 1.60. The van der Waals surface area contributed by atoms with Crippen LogP contribution in [-0.2, 0) is 21.2 Å². The van der Waals surface area contributed by atoms with Gasteiger partial charge < -0.3 is 14.5 Å². The summed E-state index contributed by atoms with van der Waals surface area (Å²) < 4.78 is 34.7. The number of anilines is 1. The molecular formula is C26H32N4O3S. The highest BCUT2D eigenvalue weighted by molar-refractivity contribution is 7.90. The third-order valence-corrected chi connectivity index (χ3v) is 8.66. The van der Waals surface area contributed by atoms with E-state index >= 15 is 0 Å². The van der Waals surface area contributed by atoms with Gasteiger partial charge in [0.15, 0.2) is 5.65 Å². The maximum atomic E-state index is 13.9. The van der Waals surface area contributed by atoms with Crippen LogP contribution in [-0.4, -0.2) is 68.7 Å². The molecule has 2 aliphatic heterocycles. The van der Waals surface area contributed by atoms with Gasteiger partial charge in [0, 0.05) is 61.8 Å². The van der Waals surface area contributed by atoms with Crippen molar-refractivity contribution in [3.8, 4) is 0 Å². The van der Waals surface area contributed by atoms with Crippen molar-refractivity contribution < 1.29 is 13.2 Å². The van der Waals surface area contributed by atoms with Crippen molar-refractivity contribution in [2.75, 3.05) is 45.2 Å². The Kier molecular flexibility index (Phi) is 6.22. The lowest BCUT2D eigenvalue weighted by atomic mass is 10.00. The summed E-state index contributed by atoms with van der Waals surface area (Å²) in [6.45, 7) is 5.45. The molecule has 0 N–H and O–H groups in total. The first-order chi connectivity index (χ1) is 16.4. The van der Waals surface area contributed by atoms with Crippen molar-refractivity contribution in [1.29, 1.82) is 0 Å². The molecule has 180 valence electrons. The molecule has 0 aliphatic carbocycles. The van der Waals surface area contributed by atoms with Crippen LogP contribution in [0.1, 0.15) is 31.0 Å². The van der Waals surface area contributed by atoms with Gasteiger partial charge in [-0.25, -0.2) is 17.4 Å². The fourth-order valence-corrected chi connectivity index (χ4v) is 6.23. The molecule has 1 aromatic carbocycles. The zero-order chi connectivity index (χ0) is 23.9. The van der Waals surface area contributed by atoms with Crippen LogP contribution in [0.3, 0.4) is 0 Å². The number of pyridine rings is 1. The Morgan fingerprint density at radius 2 is 2.03 bits per heavy atom. The average Bonchev–Trinajstić information content (AvgIpc) is 3.50. The first-order valence-electron chi connectivity index (χ1n) is 11.9. The molecule has 8 heteroatoms. The summed E-state index contributed by atoms with van der Waals surface area (Å²) in [7, 11) is -0.0128. The summed E-state index contributed by atoms with van der Waals surface area (Å²) in [5, 5.41) is 0.884. The van der Waals surface area contributed by atoms with E-state index in [4.69, 9.17) is 9.72 Å². The van der Waals surface area contributed by atoms with Gasteiger partial charge in [0.2, 0.25) is 0 Å². The highest BCUT2D eigenvalue weighted by Crippen LogP contribution is 2.33. The maximum Gasteiger partial charge on any atom is 0.269 e. The van der Waals surface area contributed by atoms with Crippen molar-refractivity contribution in [3.63, 3.8) is 0 Å². The van der Waals surface area contributed by atoms with E-state index in [9.17, 15) is 8.42 Å². The standard InChI is InChI=1S/C26H32N4O3S/c1-4-20-8-9-24-25(19-10-13-28(2)14-11-19)18-30(26(24)27-20)34(31,32)23-7-5-6-21(16-23)29-15-12-22(17-29)33-3/h5-10,16,18,22H,4,11-15,17H2,1-3H3. The first kappa shape index (κ1) is 23.1. The molecule has 3 aromatic rings. The Labute approximate surface area is 201 Å². The number of hydrogen-bond acceptors (Lipinski definition) is 6. The number of hydrogen-bond donors (Lipinski definition) is 0. The van der Waals surface area contributed by atoms with Gasteiger partial charge in [-0.3, -0.25) is 0 Å². The second-order valence-electron chi connectivity index (χ2n) is 9.20. The van der Waals surface area contributed by atoms with E-state index in [1.165, 1.54) is 9.55 Å². The fraction of sp³-hybridized carbons (Fsp3) is 0.423. The van der Waals surface area contributed by atoms with Crippen molar-refractivity contribution >= 4 is 32.3 Å². The number of benzene rings is 1. The van der Waals surface area contributed by atoms with Crippen LogP contribution >= 0.6 is 0 Å². The molecule has 2 aliphatic rings. The number of nitrogens with zero attached hydrogens (tertiary/aromatic N) is 4. The van der Waals surface area contributed by atoms with Crippen molar-refractivity contribution in [1.82, 2.24) is 13.9 Å². The molecule has 4 heterocycles. The Hall–Kier alpha value is -2.68. The van der Waals surface area contributed by atoms with Gasteiger partial charge in [0.05, 0.1) is 11.0 Å². The lowest BCUT2D eigenvalue weighted by Gasteiger charge is -2.21. The monoisotopic (exact) mass is 480 g/mol. The highest BCUT2D eigenvalue weighted by Gasteiger charge is 2.27. The van der Waals surface area contributed by atoms with E-state index in [0.717, 1.165) is 67.8 Å². The van der Waals surface area contributed by atoms with Crippen molar-refractivity contribution in [2.24, 2.45) is 0 Å². The highest BCUT2D eigenvalue weighted by atomic mass is 32.2. The molecule has 1 fully saturated rings. The van der Waals surface area contributed by atoms with E-state index < -0.39 is 10.0 Å². The Bertz CT molecular complexity index is 1350. The van der Waals surface area contributed by atoms with Crippen LogP contribution in [0.5, 0.6) is 0 Å². The predicted octanol–water partition coefficient (Wildman–Crippen LogP) is 3.78. The second-order valence-corrected chi connectivity index (χ2v) is 11.0. The van der Waals surface area contributed by atoms with Gasteiger partial charge in [-0.1, -0.05) is 19.1 Å². The van der Waals surface area contributed by atoms with E-state index in [2.05, 4.69) is 22.9 Å². The summed E-state index contributed by atoms with van der Waals surface area (Å²) in [6, 6.07) is 11.3. The topological polar surface area (TPSA) is 67.7 Å². The van der Waals surface area contributed by atoms with Crippen LogP contribution < -0.4 is 4.90 Å². The number of aromatic nitrogens is 2. The van der Waals surface area contributed by atoms with E-state index in [1.54, 1.807) is 25.4 Å². The molecule has 1 unspecified atom stereocenters. The third-order valence-electron chi connectivity index (χ3n) is 7.02. The van der Waals surface area contributed by atoms with Gasteiger partial charge in [0.1, 0.15) is 0 Å². The minimum atomic E-state index is -3.83. The minimum absolute atomic E-state index is 0.177. The molecule has 7 nitrogen and oxygen atoms in total. The van der Waals surface area contributed by atoms with E-state index in [1.807, 2.05) is 31.2 Å². The molecule has 0 saturated carbocycles. The lowest BCUT2D eigenvalue weighted by Crippen LogP contribution is -2.23. The van der Waals surface area contributed by atoms with Crippen LogP contribution in [0.15, 0.2) is 53.6 Å². The molecule has 2 aromatic heterocycles. The number of ether oxygens (including phenoxy) is 1. The van der Waals surface area contributed by atoms with Gasteiger partial charge in [-0.2, -0.15) is 0 Å². The predicted molar refractivity (Wildman–Crippen MR) is 136 cm³/mol. The van der Waals surface area contributed by atoms with Gasteiger partial charge >= 0.3 is 0 Å². The summed E-state index contributed by atoms with van der Waals surface area (Å²) in [5.74, 6) is 0. The number of rotatable bonds is 6. The first-order valence-corrected chi connectivity index (χ1v) is 13.4. The van der Waals surface area contributed by atoms with Crippen molar-refractivity contribution in [3.05, 3.63) is 59.9 Å². The normalized spacial score (nSPS) is 19.7. The van der Waals surface area contributed by atoms with Crippen LogP contribution in [0.4, 0.5) is 5.69 Å². The van der Waals surface area contributed by atoms with E-state index in [0.29, 0.717) is 5.65 Å². The number of likely N-dealkylation sites (N-methyl/N-ethyl adjacent to an activating group) is 1. The van der Waals surface area contributed by atoms with Crippen molar-refractivity contribution in [2.45, 2.75) is 37.2 Å². The third kappa shape index (κ3) is 4.15. The Morgan fingerprint density at radius 1 is 1.18 bits per heavy atom. The largest absolute Gasteiger partial charge is 0.380 e. The molecule has 1 atom stereocenters. The summed E-state index contributed by atoms with van der Waals surface area (Å²) in [4.78, 5) is 9.47. The van der Waals surface area contributed by atoms with Crippen LogP contribution in [0.2, 0.25) is 0 Å². The van der Waals surface area contributed by atoms with Gasteiger partial charge in [-0.05, 0) is 62.2 Å². The SMILES string of the molecule is CCc1ccc2c(C3=CCN(C)CC3)cn(S(=O)(=O)c3cccc(N4CCC(OC)C4)c3)c2n1. The Morgan fingerprint density at radius 3 is 2.74 bits per heavy atom. The molecule has 34 heavy (non-hydrogen) atoms. The molecule has 0 radical (unpaired) electrons. The second kappa shape index (κ2) is 9.17. The molecule has 0 bridgehead atoms. The van der Waals surface area contributed by atoms with Gasteiger partial charge in [0.25, 0.3) is 10.0 Å². The molecule has 1 saturated heterocycles. The smallest absolute Gasteiger partial charge is 0.269 e. The van der Waals surface area contributed by atoms with Crippen LogP contribution in [0, 0.1) is 0 Å². The average molecular weight is 481 g/mol. The molecule has 0 amide bonds. The number of methoxy groups -OCH3 is 1. The number of aryl methyl sites for hydroxylation is 1. The van der Waals surface area contributed by atoms with E-state index in [-0.39, 0.29) is 11.0 Å². The minimum Gasteiger partial charge on any atom is -0.380 e. The zero-order valence-electron chi connectivity index (χ0n) is 20.1. The molecule has 5 rings (SSSR count). The molecule has 0 spiro atoms. The number of fused-ring (bicyclic) bond motifs is 1. The quantitative estimate of drug-likeness (QED) is 0.535. The summed E-state index contributed by atoms with van der Waals surface area (Å²) in [6.07, 6.45) is 6.71. The summed E-state index contributed by atoms with van der Waals surface area (Å²) >= 11 is 0. The lowest BCUT2D eigenvalue weighted by molar-refractivity contribution is 0.121. The van der Waals surface area contributed by atoms with Crippen LogP contribution in [0.25, 0.3) is 16.6 Å². The molecular weight excluding hydrogens is 448 g/mol. The fourth-order valence-electron chi connectivity index (χ4n) is 4.87. The van der Waals surface area contributed by atoms with Gasteiger partial charge in [-0.15, -0.1) is 0 Å². The summed E-state index contributed by atoms with van der Waals surface area (Å²) in [5.41, 5.74) is 4.42. The zero-order valence-corrected chi connectivity index (χ0v) is 20.9. The maximum absolute atomic E-state index is 13.9.